The van der Waals surface area contributed by atoms with Gasteiger partial charge < -0.3 is 14.6 Å². The number of hydrogen-bond acceptors (Lipinski definition) is 8. The molecule has 0 radical (unpaired) electrons. The van der Waals surface area contributed by atoms with Crippen LogP contribution in [-0.2, 0) is 11.3 Å². The van der Waals surface area contributed by atoms with Gasteiger partial charge in [-0.2, -0.15) is 0 Å². The molecule has 3 rings (SSSR count). The smallest absolute Gasteiger partial charge is 0.296 e. The van der Waals surface area contributed by atoms with Gasteiger partial charge in [0.05, 0.1) is 23.9 Å². The molecule has 0 bridgehead atoms. The number of nitrogens with one attached hydrogen (secondary N) is 1. The van der Waals surface area contributed by atoms with E-state index in [1.165, 1.54) is 31.0 Å². The first-order chi connectivity index (χ1) is 14.0. The SMILES string of the molecule is CCn1c(SCC(=O)Nc2ccc(OC)cc2[N+](=O)[O-])nnc1-c1ccncc1. The predicted molar refractivity (Wildman–Crippen MR) is 108 cm³/mol. The Morgan fingerprint density at radius 1 is 1.28 bits per heavy atom. The Morgan fingerprint density at radius 3 is 2.69 bits per heavy atom. The molecule has 1 N–H and O–H groups in total. The van der Waals surface area contributed by atoms with Crippen molar-refractivity contribution in [1.82, 2.24) is 19.7 Å². The number of nitro groups is 1. The number of rotatable bonds is 8. The first kappa shape index (κ1) is 20.3. The summed E-state index contributed by atoms with van der Waals surface area (Å²) in [6.45, 7) is 2.58. The van der Waals surface area contributed by atoms with E-state index in [1.807, 2.05) is 23.6 Å². The zero-order chi connectivity index (χ0) is 20.8. The topological polar surface area (TPSA) is 125 Å². The maximum Gasteiger partial charge on any atom is 0.296 e. The molecule has 150 valence electrons. The number of nitro benzene ring substituents is 1. The van der Waals surface area contributed by atoms with E-state index in [4.69, 9.17) is 4.74 Å². The van der Waals surface area contributed by atoms with Crippen LogP contribution in [0.3, 0.4) is 0 Å². The van der Waals surface area contributed by atoms with Crippen LogP contribution in [-0.4, -0.2) is 43.4 Å². The van der Waals surface area contributed by atoms with Crippen molar-refractivity contribution < 1.29 is 14.5 Å². The first-order valence-corrected chi connectivity index (χ1v) is 9.60. The Kier molecular flexibility index (Phi) is 6.39. The number of ether oxygens (including phenoxy) is 1. The second-order valence-electron chi connectivity index (χ2n) is 5.76. The largest absolute Gasteiger partial charge is 0.496 e. The zero-order valence-electron chi connectivity index (χ0n) is 15.7. The molecular weight excluding hydrogens is 396 g/mol. The van der Waals surface area contributed by atoms with Crippen molar-refractivity contribution >= 4 is 29.0 Å². The molecular formula is C18H18N6O4S. The van der Waals surface area contributed by atoms with E-state index in [2.05, 4.69) is 20.5 Å². The number of pyridine rings is 1. The van der Waals surface area contributed by atoms with Crippen molar-refractivity contribution in [3.05, 3.63) is 52.8 Å². The number of carbonyl (C=O) groups is 1. The fraction of sp³-hybridized carbons (Fsp3) is 0.222. The van der Waals surface area contributed by atoms with E-state index < -0.39 is 4.92 Å². The number of nitrogens with zero attached hydrogens (tertiary/aromatic N) is 5. The van der Waals surface area contributed by atoms with Gasteiger partial charge in [0.2, 0.25) is 5.91 Å². The average molecular weight is 414 g/mol. The Morgan fingerprint density at radius 2 is 2.03 bits per heavy atom. The van der Waals surface area contributed by atoms with Crippen LogP contribution in [0.1, 0.15) is 6.92 Å². The molecule has 11 heteroatoms. The van der Waals surface area contributed by atoms with E-state index in [0.717, 1.165) is 5.56 Å². The van der Waals surface area contributed by atoms with E-state index in [0.29, 0.717) is 23.3 Å². The summed E-state index contributed by atoms with van der Waals surface area (Å²) in [6, 6.07) is 7.91. The number of anilines is 1. The normalized spacial score (nSPS) is 10.6. The van der Waals surface area contributed by atoms with Gasteiger partial charge in [0.15, 0.2) is 11.0 Å². The lowest BCUT2D eigenvalue weighted by molar-refractivity contribution is -0.384. The molecule has 2 heterocycles. The molecule has 1 amide bonds. The summed E-state index contributed by atoms with van der Waals surface area (Å²) < 4.78 is 6.88. The van der Waals surface area contributed by atoms with Gasteiger partial charge >= 0.3 is 0 Å². The van der Waals surface area contributed by atoms with Gasteiger partial charge in [0, 0.05) is 24.5 Å². The Hall–Kier alpha value is -3.47. The molecule has 1 aromatic carbocycles. The van der Waals surface area contributed by atoms with Gasteiger partial charge in [-0.15, -0.1) is 10.2 Å². The second-order valence-corrected chi connectivity index (χ2v) is 6.71. The van der Waals surface area contributed by atoms with Crippen molar-refractivity contribution in [2.75, 3.05) is 18.2 Å². The van der Waals surface area contributed by atoms with Gasteiger partial charge in [-0.3, -0.25) is 19.9 Å². The number of methoxy groups -OCH3 is 1. The van der Waals surface area contributed by atoms with Crippen LogP contribution < -0.4 is 10.1 Å². The van der Waals surface area contributed by atoms with Gasteiger partial charge in [0.1, 0.15) is 11.4 Å². The monoisotopic (exact) mass is 414 g/mol. The lowest BCUT2D eigenvalue weighted by Gasteiger charge is -2.08. The second kappa shape index (κ2) is 9.15. The number of amides is 1. The van der Waals surface area contributed by atoms with Crippen LogP contribution >= 0.6 is 11.8 Å². The Balaban J connectivity index is 1.71. The minimum absolute atomic E-state index is 0.0255. The number of carbonyl (C=O) groups excluding carboxylic acids is 1. The van der Waals surface area contributed by atoms with Crippen molar-refractivity contribution in [3.8, 4) is 17.1 Å². The summed E-state index contributed by atoms with van der Waals surface area (Å²) in [6.07, 6.45) is 3.35. The quantitative estimate of drug-likeness (QED) is 0.339. The standard InChI is InChI=1S/C18H18N6O4S/c1-3-23-17(12-6-8-19-9-7-12)21-22-18(23)29-11-16(25)20-14-5-4-13(28-2)10-15(14)24(26)27/h4-10H,3,11H2,1-2H3,(H,20,25). The van der Waals surface area contributed by atoms with Gasteiger partial charge in [-0.1, -0.05) is 11.8 Å². The molecule has 0 spiro atoms. The minimum atomic E-state index is -0.569. The number of thioether (sulfide) groups is 1. The van der Waals surface area contributed by atoms with E-state index in [1.54, 1.807) is 18.5 Å². The van der Waals surface area contributed by atoms with Crippen molar-refractivity contribution in [1.29, 1.82) is 0 Å². The van der Waals surface area contributed by atoms with Gasteiger partial charge in [-0.25, -0.2) is 0 Å². The third-order valence-corrected chi connectivity index (χ3v) is 4.95. The molecule has 0 aliphatic rings. The molecule has 0 aliphatic heterocycles. The third kappa shape index (κ3) is 4.69. The summed E-state index contributed by atoms with van der Waals surface area (Å²) in [5.74, 6) is 0.657. The zero-order valence-corrected chi connectivity index (χ0v) is 16.5. The molecule has 3 aromatic rings. The molecule has 2 aromatic heterocycles. The summed E-state index contributed by atoms with van der Waals surface area (Å²) in [5, 5.41) is 22.8. The Bertz CT molecular complexity index is 1020. The van der Waals surface area contributed by atoms with Crippen LogP contribution in [0.4, 0.5) is 11.4 Å². The van der Waals surface area contributed by atoms with Crippen LogP contribution in [0.25, 0.3) is 11.4 Å². The highest BCUT2D eigenvalue weighted by Gasteiger charge is 2.19. The first-order valence-electron chi connectivity index (χ1n) is 8.62. The van der Waals surface area contributed by atoms with E-state index >= 15 is 0 Å². The molecule has 10 nitrogen and oxygen atoms in total. The van der Waals surface area contributed by atoms with E-state index in [9.17, 15) is 14.9 Å². The molecule has 0 saturated carbocycles. The van der Waals surface area contributed by atoms with Crippen LogP contribution in [0, 0.1) is 10.1 Å². The number of aromatic nitrogens is 4. The molecule has 0 unspecified atom stereocenters. The lowest BCUT2D eigenvalue weighted by atomic mass is 10.2. The van der Waals surface area contributed by atoms with Crippen molar-refractivity contribution in [2.45, 2.75) is 18.6 Å². The third-order valence-electron chi connectivity index (χ3n) is 3.98. The average Bonchev–Trinajstić information content (AvgIpc) is 3.16. The number of hydrogen-bond donors (Lipinski definition) is 1. The van der Waals surface area contributed by atoms with Crippen molar-refractivity contribution in [3.63, 3.8) is 0 Å². The molecule has 0 aliphatic carbocycles. The highest BCUT2D eigenvalue weighted by Crippen LogP contribution is 2.29. The highest BCUT2D eigenvalue weighted by atomic mass is 32.2. The van der Waals surface area contributed by atoms with Crippen LogP contribution in [0.15, 0.2) is 47.9 Å². The lowest BCUT2D eigenvalue weighted by Crippen LogP contribution is -2.15. The maximum absolute atomic E-state index is 12.3. The number of benzene rings is 1. The molecule has 0 saturated heterocycles. The molecule has 0 atom stereocenters. The minimum Gasteiger partial charge on any atom is -0.496 e. The summed E-state index contributed by atoms with van der Waals surface area (Å²) in [7, 11) is 1.41. The maximum atomic E-state index is 12.3. The van der Waals surface area contributed by atoms with Crippen LogP contribution in [0.5, 0.6) is 5.75 Å². The summed E-state index contributed by atoms with van der Waals surface area (Å²) in [4.78, 5) is 27.0. The van der Waals surface area contributed by atoms with Gasteiger partial charge in [0.25, 0.3) is 5.69 Å². The van der Waals surface area contributed by atoms with Gasteiger partial charge in [-0.05, 0) is 31.2 Å². The van der Waals surface area contributed by atoms with Crippen molar-refractivity contribution in [2.24, 2.45) is 0 Å². The van der Waals surface area contributed by atoms with Crippen LogP contribution in [0.2, 0.25) is 0 Å². The molecule has 29 heavy (non-hydrogen) atoms. The fourth-order valence-electron chi connectivity index (χ4n) is 2.61. The molecule has 0 fully saturated rings. The summed E-state index contributed by atoms with van der Waals surface area (Å²) >= 11 is 1.20. The van der Waals surface area contributed by atoms with E-state index in [-0.39, 0.29) is 23.0 Å². The predicted octanol–water partition coefficient (Wildman–Crippen LogP) is 3.01. The Labute approximate surface area is 170 Å². The fourth-order valence-corrected chi connectivity index (χ4v) is 3.41. The summed E-state index contributed by atoms with van der Waals surface area (Å²) in [5.41, 5.74) is 0.745. The highest BCUT2D eigenvalue weighted by molar-refractivity contribution is 7.99.